The molecular formula is C19H18ClN5O. The first-order chi connectivity index (χ1) is 12.1. The Morgan fingerprint density at radius 2 is 1.58 bits per heavy atom. The molecule has 6 nitrogen and oxygen atoms in total. The van der Waals surface area contributed by atoms with Gasteiger partial charge in [0.1, 0.15) is 11.5 Å². The molecule has 0 aliphatic carbocycles. The molecule has 0 amide bonds. The second-order valence-corrected chi connectivity index (χ2v) is 5.30. The molecule has 2 aromatic carbocycles. The fourth-order valence-corrected chi connectivity index (χ4v) is 2.35. The van der Waals surface area contributed by atoms with Crippen LogP contribution in [0.5, 0.6) is 5.75 Å². The highest BCUT2D eigenvalue weighted by atomic mass is 35.5. The fourth-order valence-electron chi connectivity index (χ4n) is 2.35. The molecule has 1 heterocycles. The number of rotatable bonds is 4. The van der Waals surface area contributed by atoms with Gasteiger partial charge < -0.3 is 16.6 Å². The SMILES string of the molecule is Cl.NC(N)=N/N=C(/c1cccc(O)c1)c1cccc(-c2ccccc2)n1. The van der Waals surface area contributed by atoms with Crippen molar-refractivity contribution < 1.29 is 5.11 Å². The smallest absolute Gasteiger partial charge is 0.211 e. The molecule has 0 saturated heterocycles. The highest BCUT2D eigenvalue weighted by molar-refractivity contribution is 6.12. The van der Waals surface area contributed by atoms with Gasteiger partial charge in [0.15, 0.2) is 0 Å². The highest BCUT2D eigenvalue weighted by Crippen LogP contribution is 2.20. The molecule has 0 unspecified atom stereocenters. The Kier molecular flexibility index (Phi) is 6.30. The van der Waals surface area contributed by atoms with E-state index in [0.717, 1.165) is 11.3 Å². The fraction of sp³-hybridized carbons (Fsp3) is 0. The third kappa shape index (κ3) is 4.58. The zero-order valence-electron chi connectivity index (χ0n) is 13.8. The lowest BCUT2D eigenvalue weighted by molar-refractivity contribution is 0.475. The van der Waals surface area contributed by atoms with Crippen molar-refractivity contribution in [2.45, 2.75) is 0 Å². The summed E-state index contributed by atoms with van der Waals surface area (Å²) in [6, 6.07) is 22.1. The van der Waals surface area contributed by atoms with Gasteiger partial charge in [-0.2, -0.15) is 0 Å². The van der Waals surface area contributed by atoms with Gasteiger partial charge in [0, 0.05) is 11.1 Å². The van der Waals surface area contributed by atoms with E-state index in [1.54, 1.807) is 24.3 Å². The molecule has 0 fully saturated rings. The molecule has 7 heteroatoms. The minimum atomic E-state index is -0.156. The third-order valence-corrected chi connectivity index (χ3v) is 3.45. The molecule has 0 bridgehead atoms. The molecule has 0 spiro atoms. The second kappa shape index (κ2) is 8.64. The van der Waals surface area contributed by atoms with E-state index in [2.05, 4.69) is 15.2 Å². The van der Waals surface area contributed by atoms with Crippen LogP contribution in [0.25, 0.3) is 11.3 Å². The second-order valence-electron chi connectivity index (χ2n) is 5.30. The highest BCUT2D eigenvalue weighted by Gasteiger charge is 2.11. The number of benzene rings is 2. The number of aromatic nitrogens is 1. The van der Waals surface area contributed by atoms with Gasteiger partial charge >= 0.3 is 0 Å². The van der Waals surface area contributed by atoms with Crippen LogP contribution in [-0.2, 0) is 0 Å². The summed E-state index contributed by atoms with van der Waals surface area (Å²) in [5.74, 6) is -0.0361. The number of phenolic OH excluding ortho intramolecular Hbond substituents is 1. The lowest BCUT2D eigenvalue weighted by Gasteiger charge is -2.08. The summed E-state index contributed by atoms with van der Waals surface area (Å²) >= 11 is 0. The minimum absolute atomic E-state index is 0. The first-order valence-electron chi connectivity index (χ1n) is 7.62. The van der Waals surface area contributed by atoms with E-state index < -0.39 is 0 Å². The first-order valence-corrected chi connectivity index (χ1v) is 7.62. The maximum absolute atomic E-state index is 9.76. The van der Waals surface area contributed by atoms with Crippen molar-refractivity contribution in [1.82, 2.24) is 4.98 Å². The number of aromatic hydroxyl groups is 1. The van der Waals surface area contributed by atoms with Crippen molar-refractivity contribution in [2.75, 3.05) is 0 Å². The van der Waals surface area contributed by atoms with Crippen LogP contribution in [0.2, 0.25) is 0 Å². The summed E-state index contributed by atoms with van der Waals surface area (Å²) in [6.45, 7) is 0. The number of pyridine rings is 1. The Bertz CT molecular complexity index is 937. The van der Waals surface area contributed by atoms with Gasteiger partial charge in [0.05, 0.1) is 11.4 Å². The molecule has 0 radical (unpaired) electrons. The minimum Gasteiger partial charge on any atom is -0.508 e. The predicted molar refractivity (Wildman–Crippen MR) is 106 cm³/mol. The summed E-state index contributed by atoms with van der Waals surface area (Å²) in [5.41, 5.74) is 14.3. The summed E-state index contributed by atoms with van der Waals surface area (Å²) in [7, 11) is 0. The van der Waals surface area contributed by atoms with Gasteiger partial charge in [-0.1, -0.05) is 48.5 Å². The van der Waals surface area contributed by atoms with Crippen molar-refractivity contribution in [3.05, 3.63) is 84.1 Å². The Balaban J connectivity index is 0.00000243. The molecule has 0 aliphatic heterocycles. The van der Waals surface area contributed by atoms with Gasteiger partial charge in [-0.25, -0.2) is 4.98 Å². The molecule has 1 aromatic heterocycles. The Labute approximate surface area is 157 Å². The van der Waals surface area contributed by atoms with Crippen LogP contribution in [0.4, 0.5) is 0 Å². The summed E-state index contributed by atoms with van der Waals surface area (Å²) in [5, 5.41) is 17.6. The van der Waals surface area contributed by atoms with Gasteiger partial charge in [-0.3, -0.25) is 0 Å². The van der Waals surface area contributed by atoms with Crippen molar-refractivity contribution in [3.63, 3.8) is 0 Å². The maximum atomic E-state index is 9.76. The van der Waals surface area contributed by atoms with Crippen molar-refractivity contribution in [2.24, 2.45) is 21.7 Å². The van der Waals surface area contributed by atoms with E-state index in [4.69, 9.17) is 11.5 Å². The average Bonchev–Trinajstić information content (AvgIpc) is 2.63. The van der Waals surface area contributed by atoms with E-state index in [0.29, 0.717) is 17.0 Å². The van der Waals surface area contributed by atoms with Gasteiger partial charge in [0.2, 0.25) is 5.96 Å². The molecule has 3 rings (SSSR count). The lowest BCUT2D eigenvalue weighted by Crippen LogP contribution is -2.22. The maximum Gasteiger partial charge on any atom is 0.211 e. The number of nitrogens with zero attached hydrogens (tertiary/aromatic N) is 3. The average molecular weight is 368 g/mol. The van der Waals surface area contributed by atoms with Crippen molar-refractivity contribution in [1.29, 1.82) is 0 Å². The Hall–Kier alpha value is -3.38. The number of guanidine groups is 1. The largest absolute Gasteiger partial charge is 0.508 e. The first kappa shape index (κ1) is 19.0. The monoisotopic (exact) mass is 367 g/mol. The Morgan fingerprint density at radius 3 is 2.27 bits per heavy atom. The quantitative estimate of drug-likeness (QED) is 0.374. The number of halogens is 1. The molecule has 0 atom stereocenters. The molecule has 132 valence electrons. The van der Waals surface area contributed by atoms with Crippen LogP contribution in [0, 0.1) is 0 Å². The number of phenols is 1. The molecule has 0 saturated carbocycles. The van der Waals surface area contributed by atoms with Crippen LogP contribution >= 0.6 is 12.4 Å². The van der Waals surface area contributed by atoms with E-state index in [9.17, 15) is 5.11 Å². The number of nitrogens with two attached hydrogens (primary N) is 2. The molecule has 3 aromatic rings. The van der Waals surface area contributed by atoms with E-state index in [1.165, 1.54) is 0 Å². The number of hydrogen-bond acceptors (Lipinski definition) is 4. The third-order valence-electron chi connectivity index (χ3n) is 3.45. The Morgan fingerprint density at radius 1 is 0.846 bits per heavy atom. The molecule has 5 N–H and O–H groups in total. The molecule has 0 aliphatic rings. The summed E-state index contributed by atoms with van der Waals surface area (Å²) < 4.78 is 0. The molecular weight excluding hydrogens is 350 g/mol. The molecule has 26 heavy (non-hydrogen) atoms. The standard InChI is InChI=1S/C19H17N5O.ClH/c20-19(21)24-23-18(14-8-4-9-15(25)12-14)17-11-5-10-16(22-17)13-6-2-1-3-7-13;/h1-12,25H,(H4,20,21,24);1H/b23-18-;. The lowest BCUT2D eigenvalue weighted by atomic mass is 10.1. The zero-order valence-corrected chi connectivity index (χ0v) is 14.6. The van der Waals surface area contributed by atoms with E-state index in [-0.39, 0.29) is 24.1 Å². The topological polar surface area (TPSA) is 110 Å². The number of hydrogen-bond donors (Lipinski definition) is 3. The van der Waals surface area contributed by atoms with Crippen LogP contribution in [0.15, 0.2) is 83.0 Å². The normalized spacial score (nSPS) is 10.7. The van der Waals surface area contributed by atoms with Crippen LogP contribution in [0.1, 0.15) is 11.3 Å². The van der Waals surface area contributed by atoms with E-state index in [1.807, 2.05) is 48.5 Å². The zero-order chi connectivity index (χ0) is 17.6. The van der Waals surface area contributed by atoms with Gasteiger partial charge in [-0.15, -0.1) is 22.6 Å². The predicted octanol–water partition coefficient (Wildman–Crippen LogP) is 2.90. The van der Waals surface area contributed by atoms with Crippen LogP contribution in [-0.4, -0.2) is 21.8 Å². The van der Waals surface area contributed by atoms with Crippen molar-refractivity contribution in [3.8, 4) is 17.0 Å². The van der Waals surface area contributed by atoms with E-state index >= 15 is 0 Å². The van der Waals surface area contributed by atoms with Crippen LogP contribution in [0.3, 0.4) is 0 Å². The van der Waals surface area contributed by atoms with Gasteiger partial charge in [-0.05, 0) is 24.3 Å². The summed E-state index contributed by atoms with van der Waals surface area (Å²) in [4.78, 5) is 4.66. The van der Waals surface area contributed by atoms with Crippen LogP contribution < -0.4 is 11.5 Å². The summed E-state index contributed by atoms with van der Waals surface area (Å²) in [6.07, 6.45) is 0. The van der Waals surface area contributed by atoms with Gasteiger partial charge in [0.25, 0.3) is 0 Å². The van der Waals surface area contributed by atoms with Crippen molar-refractivity contribution >= 4 is 24.1 Å².